The van der Waals surface area contributed by atoms with Crippen LogP contribution in [0.4, 0.5) is 4.39 Å². The Morgan fingerprint density at radius 3 is 2.83 bits per heavy atom. The minimum atomic E-state index is -0.982. The number of halogens is 2. The number of hydrogen-bond donors (Lipinski definition) is 1. The summed E-state index contributed by atoms with van der Waals surface area (Å²) in [6.45, 7) is 1.00. The number of rotatable bonds is 2. The standard InChI is InChI=1S/C8H9BrFNS/c9-6-1-7(12-3-6)2-8(10)4-11-5-8/h1,3,11H,2,4-5H2. The second-order valence-corrected chi connectivity index (χ2v) is 5.07. The maximum absolute atomic E-state index is 13.5. The second kappa shape index (κ2) is 3.09. The van der Waals surface area contributed by atoms with Gasteiger partial charge in [0.1, 0.15) is 5.67 Å². The average Bonchev–Trinajstić information content (AvgIpc) is 2.32. The predicted molar refractivity (Wildman–Crippen MR) is 52.4 cm³/mol. The van der Waals surface area contributed by atoms with E-state index >= 15 is 0 Å². The Morgan fingerprint density at radius 1 is 1.67 bits per heavy atom. The maximum atomic E-state index is 13.5. The zero-order chi connectivity index (χ0) is 8.60. The fraction of sp³-hybridized carbons (Fsp3) is 0.500. The molecular weight excluding hydrogens is 241 g/mol. The minimum Gasteiger partial charge on any atom is -0.310 e. The van der Waals surface area contributed by atoms with Crippen molar-refractivity contribution in [3.63, 3.8) is 0 Å². The Hall–Kier alpha value is 0.0700. The molecule has 0 bridgehead atoms. The van der Waals surface area contributed by atoms with Crippen molar-refractivity contribution < 1.29 is 4.39 Å². The molecule has 4 heteroatoms. The van der Waals surface area contributed by atoms with E-state index in [1.54, 1.807) is 11.3 Å². The van der Waals surface area contributed by atoms with E-state index in [1.807, 2.05) is 11.4 Å². The van der Waals surface area contributed by atoms with Gasteiger partial charge < -0.3 is 5.32 Å². The molecule has 0 atom stereocenters. The van der Waals surface area contributed by atoms with Crippen LogP contribution in [-0.2, 0) is 6.42 Å². The molecule has 0 aromatic carbocycles. The predicted octanol–water partition coefficient (Wildman–Crippen LogP) is 2.36. The quantitative estimate of drug-likeness (QED) is 0.849. The molecule has 1 saturated heterocycles. The van der Waals surface area contributed by atoms with Gasteiger partial charge in [0.15, 0.2) is 0 Å². The van der Waals surface area contributed by atoms with E-state index < -0.39 is 5.67 Å². The van der Waals surface area contributed by atoms with Gasteiger partial charge in [-0.1, -0.05) is 0 Å². The summed E-state index contributed by atoms with van der Waals surface area (Å²) in [6.07, 6.45) is 0.552. The van der Waals surface area contributed by atoms with Crippen LogP contribution < -0.4 is 5.32 Å². The molecule has 66 valence electrons. The summed E-state index contributed by atoms with van der Waals surface area (Å²) >= 11 is 4.96. The molecular formula is C8H9BrFNS. The fourth-order valence-electron chi connectivity index (χ4n) is 1.28. The molecule has 1 aromatic heterocycles. The zero-order valence-electron chi connectivity index (χ0n) is 6.44. The van der Waals surface area contributed by atoms with Gasteiger partial charge in [0, 0.05) is 34.2 Å². The van der Waals surface area contributed by atoms with Crippen LogP contribution >= 0.6 is 27.3 Å². The first-order valence-corrected chi connectivity index (χ1v) is 5.48. The van der Waals surface area contributed by atoms with Gasteiger partial charge in [-0.25, -0.2) is 4.39 Å². The van der Waals surface area contributed by atoms with Crippen molar-refractivity contribution in [3.8, 4) is 0 Å². The fourth-order valence-corrected chi connectivity index (χ4v) is 2.86. The Labute approximate surface area is 83.1 Å². The van der Waals surface area contributed by atoms with Gasteiger partial charge in [-0.05, 0) is 22.0 Å². The van der Waals surface area contributed by atoms with Crippen LogP contribution in [0.15, 0.2) is 15.9 Å². The van der Waals surface area contributed by atoms with E-state index in [2.05, 4.69) is 21.2 Å². The van der Waals surface area contributed by atoms with Crippen molar-refractivity contribution in [2.24, 2.45) is 0 Å². The average molecular weight is 250 g/mol. The highest BCUT2D eigenvalue weighted by Gasteiger charge is 2.37. The number of nitrogens with one attached hydrogen (secondary N) is 1. The zero-order valence-corrected chi connectivity index (χ0v) is 8.84. The first-order chi connectivity index (χ1) is 5.68. The van der Waals surface area contributed by atoms with Crippen LogP contribution in [0.25, 0.3) is 0 Å². The summed E-state index contributed by atoms with van der Waals surface area (Å²) in [4.78, 5) is 1.12. The van der Waals surface area contributed by atoms with Crippen molar-refractivity contribution >= 4 is 27.3 Å². The second-order valence-electron chi connectivity index (χ2n) is 3.16. The monoisotopic (exact) mass is 249 g/mol. The summed E-state index contributed by atoms with van der Waals surface area (Å²) in [7, 11) is 0. The number of hydrogen-bond acceptors (Lipinski definition) is 2. The van der Waals surface area contributed by atoms with Gasteiger partial charge in [0.2, 0.25) is 0 Å². The van der Waals surface area contributed by atoms with Crippen LogP contribution in [0.5, 0.6) is 0 Å². The molecule has 1 N–H and O–H groups in total. The molecule has 0 radical (unpaired) electrons. The van der Waals surface area contributed by atoms with Crippen molar-refractivity contribution in [2.45, 2.75) is 12.1 Å². The summed E-state index contributed by atoms with van der Waals surface area (Å²) < 4.78 is 14.6. The van der Waals surface area contributed by atoms with Gasteiger partial charge in [-0.2, -0.15) is 0 Å². The maximum Gasteiger partial charge on any atom is 0.140 e. The highest BCUT2D eigenvalue weighted by atomic mass is 79.9. The Morgan fingerprint density at radius 2 is 2.42 bits per heavy atom. The smallest absolute Gasteiger partial charge is 0.140 e. The van der Waals surface area contributed by atoms with Crippen LogP contribution in [0, 0.1) is 0 Å². The Balaban J connectivity index is 2.03. The molecule has 1 fully saturated rings. The largest absolute Gasteiger partial charge is 0.310 e. The van der Waals surface area contributed by atoms with Gasteiger partial charge in [-0.15, -0.1) is 11.3 Å². The molecule has 0 spiro atoms. The molecule has 0 amide bonds. The van der Waals surface area contributed by atoms with E-state index in [-0.39, 0.29) is 0 Å². The highest BCUT2D eigenvalue weighted by Crippen LogP contribution is 2.27. The minimum absolute atomic E-state index is 0.502. The lowest BCUT2D eigenvalue weighted by Gasteiger charge is -2.34. The van der Waals surface area contributed by atoms with E-state index in [1.165, 1.54) is 0 Å². The summed E-state index contributed by atoms with van der Waals surface area (Å²) in [5, 5.41) is 4.94. The lowest BCUT2D eigenvalue weighted by Crippen LogP contribution is -2.57. The normalized spacial score (nSPS) is 20.5. The number of thiophene rings is 1. The van der Waals surface area contributed by atoms with E-state index in [0.717, 1.165) is 9.35 Å². The molecule has 12 heavy (non-hydrogen) atoms. The van der Waals surface area contributed by atoms with Crippen molar-refractivity contribution in [3.05, 3.63) is 20.8 Å². The Kier molecular flexibility index (Phi) is 2.23. The molecule has 2 heterocycles. The lowest BCUT2D eigenvalue weighted by atomic mass is 9.95. The molecule has 0 saturated carbocycles. The third-order valence-corrected chi connectivity index (χ3v) is 3.69. The molecule has 1 nitrogen and oxygen atoms in total. The van der Waals surface area contributed by atoms with Crippen LogP contribution in [-0.4, -0.2) is 18.8 Å². The number of alkyl halides is 1. The van der Waals surface area contributed by atoms with E-state index in [9.17, 15) is 4.39 Å². The van der Waals surface area contributed by atoms with Crippen LogP contribution in [0.2, 0.25) is 0 Å². The summed E-state index contributed by atoms with van der Waals surface area (Å²) in [6, 6.07) is 1.99. The van der Waals surface area contributed by atoms with Gasteiger partial charge in [0.05, 0.1) is 0 Å². The first-order valence-electron chi connectivity index (χ1n) is 3.81. The van der Waals surface area contributed by atoms with Crippen molar-refractivity contribution in [2.75, 3.05) is 13.1 Å². The molecule has 1 aliphatic rings. The third kappa shape index (κ3) is 1.70. The van der Waals surface area contributed by atoms with Crippen molar-refractivity contribution in [1.29, 1.82) is 0 Å². The van der Waals surface area contributed by atoms with Gasteiger partial charge >= 0.3 is 0 Å². The molecule has 0 unspecified atom stereocenters. The summed E-state index contributed by atoms with van der Waals surface area (Å²) in [5.74, 6) is 0. The molecule has 2 rings (SSSR count). The van der Waals surface area contributed by atoms with Gasteiger partial charge in [0.25, 0.3) is 0 Å². The van der Waals surface area contributed by atoms with E-state index in [0.29, 0.717) is 19.5 Å². The van der Waals surface area contributed by atoms with Gasteiger partial charge in [-0.3, -0.25) is 0 Å². The lowest BCUT2D eigenvalue weighted by molar-refractivity contribution is 0.0921. The van der Waals surface area contributed by atoms with E-state index in [4.69, 9.17) is 0 Å². The summed E-state index contributed by atoms with van der Waals surface area (Å²) in [5.41, 5.74) is -0.982. The van der Waals surface area contributed by atoms with Crippen LogP contribution in [0.3, 0.4) is 0 Å². The molecule has 1 aliphatic heterocycles. The molecule has 1 aromatic rings. The topological polar surface area (TPSA) is 12.0 Å². The van der Waals surface area contributed by atoms with Crippen molar-refractivity contribution in [1.82, 2.24) is 5.32 Å². The Bertz CT molecular complexity index is 282. The molecule has 0 aliphatic carbocycles. The SMILES string of the molecule is FC1(Cc2cc(Br)cs2)CNC1. The first kappa shape index (κ1) is 8.66. The third-order valence-electron chi connectivity index (χ3n) is 2.00. The van der Waals surface area contributed by atoms with Crippen LogP contribution in [0.1, 0.15) is 4.88 Å². The highest BCUT2D eigenvalue weighted by molar-refractivity contribution is 9.10.